The highest BCUT2D eigenvalue weighted by Gasteiger charge is 2.20. The van der Waals surface area contributed by atoms with Crippen molar-refractivity contribution < 1.29 is 9.57 Å². The summed E-state index contributed by atoms with van der Waals surface area (Å²) in [5, 5.41) is 12.5. The van der Waals surface area contributed by atoms with Gasteiger partial charge in [-0.25, -0.2) is 0 Å². The van der Waals surface area contributed by atoms with Crippen molar-refractivity contribution in [3.8, 4) is 5.75 Å². The van der Waals surface area contributed by atoms with E-state index in [9.17, 15) is 0 Å². The number of anilines is 1. The van der Waals surface area contributed by atoms with Gasteiger partial charge in [-0.15, -0.1) is 5.10 Å². The van der Waals surface area contributed by atoms with Crippen LogP contribution in [0.1, 0.15) is 48.6 Å². The van der Waals surface area contributed by atoms with E-state index in [1.165, 1.54) is 12.8 Å². The van der Waals surface area contributed by atoms with Crippen molar-refractivity contribution in [1.82, 2.24) is 10.2 Å². The molecule has 1 aliphatic rings. The standard InChI is InChI=1S/C23H32N4O2/c1-5-29-24-16-22-17(2)14-21(15-18(22)3)28-13-10-20-8-11-27(12-9-20)23-7-6-19(4)25-26-23/h6-7,14-16,20H,5,8-13H2,1-4H3/b24-16+. The van der Waals surface area contributed by atoms with Gasteiger partial charge in [-0.1, -0.05) is 5.16 Å². The third-order valence-corrected chi connectivity index (χ3v) is 5.47. The highest BCUT2D eigenvalue weighted by molar-refractivity contribution is 5.83. The molecule has 2 aromatic rings. The van der Waals surface area contributed by atoms with Gasteiger partial charge in [-0.2, -0.15) is 5.10 Å². The third-order valence-electron chi connectivity index (χ3n) is 5.47. The van der Waals surface area contributed by atoms with Crippen molar-refractivity contribution in [3.05, 3.63) is 46.6 Å². The van der Waals surface area contributed by atoms with Gasteiger partial charge >= 0.3 is 0 Å². The van der Waals surface area contributed by atoms with Crippen LogP contribution in [0.2, 0.25) is 0 Å². The maximum atomic E-state index is 6.06. The number of rotatable bonds is 8. The predicted molar refractivity (Wildman–Crippen MR) is 117 cm³/mol. The molecule has 0 N–H and O–H groups in total. The summed E-state index contributed by atoms with van der Waals surface area (Å²) in [4.78, 5) is 7.41. The minimum absolute atomic E-state index is 0.577. The second-order valence-corrected chi connectivity index (χ2v) is 7.72. The Morgan fingerprint density at radius 1 is 1.10 bits per heavy atom. The van der Waals surface area contributed by atoms with Crippen LogP contribution in [0.3, 0.4) is 0 Å². The van der Waals surface area contributed by atoms with Crippen molar-refractivity contribution in [2.24, 2.45) is 11.1 Å². The molecule has 0 atom stereocenters. The van der Waals surface area contributed by atoms with Crippen molar-refractivity contribution in [2.75, 3.05) is 31.2 Å². The molecule has 0 saturated carbocycles. The molecule has 6 nitrogen and oxygen atoms in total. The number of ether oxygens (including phenoxy) is 1. The molecule has 29 heavy (non-hydrogen) atoms. The Kier molecular flexibility index (Phi) is 7.44. The summed E-state index contributed by atoms with van der Waals surface area (Å²) in [7, 11) is 0. The molecular formula is C23H32N4O2. The summed E-state index contributed by atoms with van der Waals surface area (Å²) < 4.78 is 6.06. The second-order valence-electron chi connectivity index (χ2n) is 7.72. The normalized spacial score (nSPS) is 15.1. The van der Waals surface area contributed by atoms with Crippen LogP contribution in [0.25, 0.3) is 0 Å². The lowest BCUT2D eigenvalue weighted by atomic mass is 9.94. The molecule has 0 radical (unpaired) electrons. The van der Waals surface area contributed by atoms with Crippen LogP contribution < -0.4 is 9.64 Å². The minimum Gasteiger partial charge on any atom is -0.494 e. The fourth-order valence-electron chi connectivity index (χ4n) is 3.74. The topological polar surface area (TPSA) is 59.8 Å². The number of nitrogens with zero attached hydrogens (tertiary/aromatic N) is 4. The monoisotopic (exact) mass is 396 g/mol. The van der Waals surface area contributed by atoms with Crippen LogP contribution >= 0.6 is 0 Å². The zero-order valence-corrected chi connectivity index (χ0v) is 18.0. The van der Waals surface area contributed by atoms with Crippen LogP contribution in [0.4, 0.5) is 5.82 Å². The first kappa shape index (κ1) is 21.1. The van der Waals surface area contributed by atoms with E-state index in [4.69, 9.17) is 9.57 Å². The maximum Gasteiger partial charge on any atom is 0.151 e. The Hall–Kier alpha value is -2.63. The van der Waals surface area contributed by atoms with E-state index in [0.717, 1.165) is 60.1 Å². The van der Waals surface area contributed by atoms with Gasteiger partial charge in [-0.3, -0.25) is 0 Å². The summed E-state index contributed by atoms with van der Waals surface area (Å²) in [6.45, 7) is 11.5. The van der Waals surface area contributed by atoms with Crippen LogP contribution in [-0.2, 0) is 4.84 Å². The summed E-state index contributed by atoms with van der Waals surface area (Å²) in [6, 6.07) is 8.26. The molecule has 156 valence electrons. The van der Waals surface area contributed by atoms with Crippen molar-refractivity contribution in [1.29, 1.82) is 0 Å². The fraction of sp³-hybridized carbons (Fsp3) is 0.522. The van der Waals surface area contributed by atoms with E-state index in [0.29, 0.717) is 12.5 Å². The third kappa shape index (κ3) is 5.92. The number of benzene rings is 1. The molecule has 0 amide bonds. The molecule has 3 rings (SSSR count). The van der Waals surface area contributed by atoms with Gasteiger partial charge in [0.2, 0.25) is 0 Å². The highest BCUT2D eigenvalue weighted by atomic mass is 16.6. The minimum atomic E-state index is 0.577. The molecule has 2 heterocycles. The molecule has 1 aliphatic heterocycles. The molecule has 1 aromatic heterocycles. The summed E-state index contributed by atoms with van der Waals surface area (Å²) in [5.74, 6) is 2.62. The van der Waals surface area contributed by atoms with Gasteiger partial charge in [-0.05, 0) is 88.3 Å². The molecule has 0 unspecified atom stereocenters. The van der Waals surface area contributed by atoms with Crippen molar-refractivity contribution >= 4 is 12.0 Å². The zero-order chi connectivity index (χ0) is 20.6. The molecular weight excluding hydrogens is 364 g/mol. The Morgan fingerprint density at radius 2 is 1.83 bits per heavy atom. The number of aryl methyl sites for hydroxylation is 3. The lowest BCUT2D eigenvalue weighted by molar-refractivity contribution is 0.160. The summed E-state index contributed by atoms with van der Waals surface area (Å²) in [5.41, 5.74) is 4.35. The van der Waals surface area contributed by atoms with Crippen molar-refractivity contribution in [3.63, 3.8) is 0 Å². The SMILES string of the molecule is CCO/N=C/c1c(C)cc(OCCC2CCN(c3ccc(C)nn3)CC2)cc1C. The van der Waals surface area contributed by atoms with E-state index in [2.05, 4.69) is 52.3 Å². The number of hydrogen-bond acceptors (Lipinski definition) is 6. The number of piperidine rings is 1. The predicted octanol–water partition coefficient (Wildman–Crippen LogP) is 4.46. The Balaban J connectivity index is 1.45. The first-order valence-corrected chi connectivity index (χ1v) is 10.5. The van der Waals surface area contributed by atoms with Crippen LogP contribution in [-0.4, -0.2) is 42.7 Å². The van der Waals surface area contributed by atoms with Gasteiger partial charge in [0.05, 0.1) is 18.5 Å². The first-order chi connectivity index (χ1) is 14.1. The van der Waals surface area contributed by atoms with Crippen LogP contribution in [0.5, 0.6) is 5.75 Å². The zero-order valence-electron chi connectivity index (χ0n) is 18.0. The molecule has 1 saturated heterocycles. The number of hydrogen-bond donors (Lipinski definition) is 0. The largest absolute Gasteiger partial charge is 0.494 e. The summed E-state index contributed by atoms with van der Waals surface area (Å²) in [6.07, 6.45) is 5.21. The molecule has 0 bridgehead atoms. The first-order valence-electron chi connectivity index (χ1n) is 10.5. The van der Waals surface area contributed by atoms with E-state index >= 15 is 0 Å². The Bertz CT molecular complexity index is 789. The lowest BCUT2D eigenvalue weighted by Gasteiger charge is -2.32. The second kappa shape index (κ2) is 10.2. The van der Waals surface area contributed by atoms with Gasteiger partial charge in [0, 0.05) is 18.7 Å². The van der Waals surface area contributed by atoms with Gasteiger partial charge < -0.3 is 14.5 Å². The molecule has 0 spiro atoms. The average Bonchev–Trinajstić information content (AvgIpc) is 2.71. The highest BCUT2D eigenvalue weighted by Crippen LogP contribution is 2.25. The average molecular weight is 397 g/mol. The molecule has 0 aliphatic carbocycles. The molecule has 1 aromatic carbocycles. The van der Waals surface area contributed by atoms with Crippen LogP contribution in [0, 0.1) is 26.7 Å². The quantitative estimate of drug-likeness (QED) is 0.487. The van der Waals surface area contributed by atoms with E-state index in [-0.39, 0.29) is 0 Å². The van der Waals surface area contributed by atoms with E-state index in [1.54, 1.807) is 6.21 Å². The molecule has 6 heteroatoms. The van der Waals surface area contributed by atoms with Gasteiger partial charge in [0.1, 0.15) is 12.4 Å². The summed E-state index contributed by atoms with van der Waals surface area (Å²) >= 11 is 0. The Morgan fingerprint density at radius 3 is 2.45 bits per heavy atom. The fourth-order valence-corrected chi connectivity index (χ4v) is 3.74. The van der Waals surface area contributed by atoms with Gasteiger partial charge in [0.15, 0.2) is 5.82 Å². The van der Waals surface area contributed by atoms with Crippen molar-refractivity contribution in [2.45, 2.75) is 47.0 Å². The smallest absolute Gasteiger partial charge is 0.151 e. The van der Waals surface area contributed by atoms with Crippen LogP contribution in [0.15, 0.2) is 29.4 Å². The lowest BCUT2D eigenvalue weighted by Crippen LogP contribution is -2.34. The van der Waals surface area contributed by atoms with E-state index < -0.39 is 0 Å². The van der Waals surface area contributed by atoms with Gasteiger partial charge in [0.25, 0.3) is 0 Å². The Labute approximate surface area is 173 Å². The number of oxime groups is 1. The molecule has 1 fully saturated rings. The maximum absolute atomic E-state index is 6.06. The number of aromatic nitrogens is 2. The van der Waals surface area contributed by atoms with E-state index in [1.807, 2.05) is 19.9 Å².